The fraction of sp³-hybridized carbons (Fsp3) is 0.222. The molecular weight excluding hydrogens is 318 g/mol. The normalized spacial score (nSPS) is 11.5. The summed E-state index contributed by atoms with van der Waals surface area (Å²) in [4.78, 5) is 19.0. The number of carbonyl (C=O) groups excluding carboxylic acids is 1. The van der Waals surface area contributed by atoms with Gasteiger partial charge in [-0.15, -0.1) is 10.2 Å². The molecular formula is C18H21N5O2. The summed E-state index contributed by atoms with van der Waals surface area (Å²) in [5, 5.41) is 10.5. The summed E-state index contributed by atoms with van der Waals surface area (Å²) >= 11 is 0. The Balaban J connectivity index is 1.95. The molecule has 0 atom stereocenters. The second-order valence-corrected chi connectivity index (χ2v) is 5.02. The van der Waals surface area contributed by atoms with E-state index in [-0.39, 0.29) is 18.5 Å². The molecule has 0 bridgehead atoms. The van der Waals surface area contributed by atoms with Gasteiger partial charge in [-0.3, -0.25) is 15.1 Å². The standard InChI is InChI=1S/C18H21N5O2/c1-4-6-10-14(19-3)17-21-18(23-22-17)20-16(24)12-25-15-11-8-7-9-13(15)5-2/h4,6-11H,1,5,12H2,2-3H3,(H2,20,21,22,23,24)/b10-6-,19-14+. The quantitative estimate of drug-likeness (QED) is 0.571. The Bertz CT molecular complexity index is 792. The largest absolute Gasteiger partial charge is 0.483 e. The first kappa shape index (κ1) is 18.1. The van der Waals surface area contributed by atoms with Crippen molar-refractivity contribution in [3.8, 4) is 5.75 Å². The SMILES string of the molecule is C=C/C=C\C(=N/C)c1nnc(NC(=O)COc2ccccc2CC)[nH]1. The summed E-state index contributed by atoms with van der Waals surface area (Å²) in [5.41, 5.74) is 1.65. The zero-order valence-corrected chi connectivity index (χ0v) is 14.3. The molecule has 2 aromatic rings. The fourth-order valence-corrected chi connectivity index (χ4v) is 2.10. The van der Waals surface area contributed by atoms with E-state index in [1.165, 1.54) is 0 Å². The van der Waals surface area contributed by atoms with Crippen LogP contribution in [0.25, 0.3) is 0 Å². The van der Waals surface area contributed by atoms with E-state index in [1.807, 2.05) is 31.2 Å². The van der Waals surface area contributed by atoms with Crippen LogP contribution < -0.4 is 10.1 Å². The van der Waals surface area contributed by atoms with Gasteiger partial charge in [0.1, 0.15) is 11.5 Å². The van der Waals surface area contributed by atoms with E-state index in [1.54, 1.807) is 25.3 Å². The van der Waals surface area contributed by atoms with Gasteiger partial charge in [-0.05, 0) is 24.1 Å². The molecule has 7 nitrogen and oxygen atoms in total. The lowest BCUT2D eigenvalue weighted by Crippen LogP contribution is -2.21. The molecule has 2 rings (SSSR count). The number of allylic oxidation sites excluding steroid dienone is 3. The topological polar surface area (TPSA) is 92.3 Å². The predicted octanol–water partition coefficient (Wildman–Crippen LogP) is 2.55. The summed E-state index contributed by atoms with van der Waals surface area (Å²) in [6.07, 6.45) is 5.95. The number of nitrogens with one attached hydrogen (secondary N) is 2. The minimum absolute atomic E-state index is 0.113. The predicted molar refractivity (Wildman–Crippen MR) is 98.1 cm³/mol. The molecule has 0 saturated heterocycles. The van der Waals surface area contributed by atoms with Crippen molar-refractivity contribution in [2.45, 2.75) is 13.3 Å². The number of aliphatic imine (C=N–C) groups is 1. The van der Waals surface area contributed by atoms with Gasteiger partial charge in [-0.25, -0.2) is 0 Å². The molecule has 0 aliphatic rings. The minimum Gasteiger partial charge on any atom is -0.483 e. The van der Waals surface area contributed by atoms with E-state index in [0.717, 1.165) is 12.0 Å². The molecule has 0 unspecified atom stereocenters. The number of nitrogens with zero attached hydrogens (tertiary/aromatic N) is 3. The second kappa shape index (κ2) is 9.17. The zero-order chi connectivity index (χ0) is 18.1. The number of benzene rings is 1. The molecule has 130 valence electrons. The number of ether oxygens (including phenoxy) is 1. The summed E-state index contributed by atoms with van der Waals surface area (Å²) in [7, 11) is 1.64. The number of aromatic amines is 1. The van der Waals surface area contributed by atoms with E-state index >= 15 is 0 Å². The van der Waals surface area contributed by atoms with Crippen LogP contribution in [0.3, 0.4) is 0 Å². The van der Waals surface area contributed by atoms with E-state index in [9.17, 15) is 4.79 Å². The first-order valence-electron chi connectivity index (χ1n) is 7.87. The second-order valence-electron chi connectivity index (χ2n) is 5.02. The van der Waals surface area contributed by atoms with Crippen LogP contribution in [0.4, 0.5) is 5.95 Å². The molecule has 0 saturated carbocycles. The smallest absolute Gasteiger partial charge is 0.264 e. The number of amides is 1. The summed E-state index contributed by atoms with van der Waals surface area (Å²) < 4.78 is 5.57. The molecule has 0 radical (unpaired) electrons. The molecule has 2 N–H and O–H groups in total. The highest BCUT2D eigenvalue weighted by Crippen LogP contribution is 2.18. The van der Waals surface area contributed by atoms with Gasteiger partial charge in [0.2, 0.25) is 5.95 Å². The number of H-pyrrole nitrogens is 1. The average Bonchev–Trinajstić information content (AvgIpc) is 3.09. The van der Waals surface area contributed by atoms with Gasteiger partial charge in [-0.1, -0.05) is 43.9 Å². The molecule has 1 aromatic carbocycles. The maximum Gasteiger partial charge on any atom is 0.264 e. The van der Waals surface area contributed by atoms with Gasteiger partial charge >= 0.3 is 0 Å². The molecule has 25 heavy (non-hydrogen) atoms. The van der Waals surface area contributed by atoms with Crippen molar-refractivity contribution in [1.82, 2.24) is 15.2 Å². The highest BCUT2D eigenvalue weighted by atomic mass is 16.5. The van der Waals surface area contributed by atoms with Gasteiger partial charge in [0.15, 0.2) is 12.4 Å². The monoisotopic (exact) mass is 339 g/mol. The van der Waals surface area contributed by atoms with E-state index < -0.39 is 0 Å². The Morgan fingerprint density at radius 3 is 2.92 bits per heavy atom. The number of hydrogen-bond acceptors (Lipinski definition) is 5. The van der Waals surface area contributed by atoms with Crippen LogP contribution in [0, 0.1) is 0 Å². The molecule has 0 fully saturated rings. The summed E-state index contributed by atoms with van der Waals surface area (Å²) in [6.45, 7) is 5.52. The zero-order valence-electron chi connectivity index (χ0n) is 14.3. The lowest BCUT2D eigenvalue weighted by atomic mass is 10.1. The Morgan fingerprint density at radius 2 is 2.20 bits per heavy atom. The van der Waals surface area contributed by atoms with Gasteiger partial charge in [0.25, 0.3) is 5.91 Å². The molecule has 1 aromatic heterocycles. The maximum atomic E-state index is 12.0. The fourth-order valence-electron chi connectivity index (χ4n) is 2.10. The third-order valence-corrected chi connectivity index (χ3v) is 3.33. The van der Waals surface area contributed by atoms with Crippen molar-refractivity contribution in [2.24, 2.45) is 4.99 Å². The van der Waals surface area contributed by atoms with Gasteiger partial charge in [-0.2, -0.15) is 0 Å². The number of aromatic nitrogens is 3. The Labute approximate surface area is 146 Å². The van der Waals surface area contributed by atoms with Crippen LogP contribution >= 0.6 is 0 Å². The highest BCUT2D eigenvalue weighted by Gasteiger charge is 2.11. The third kappa shape index (κ3) is 5.13. The number of aryl methyl sites for hydroxylation is 1. The van der Waals surface area contributed by atoms with Crippen LogP contribution in [-0.4, -0.2) is 40.5 Å². The lowest BCUT2D eigenvalue weighted by Gasteiger charge is -2.09. The number of para-hydroxylation sites is 1. The summed E-state index contributed by atoms with van der Waals surface area (Å²) in [6, 6.07) is 7.62. The Morgan fingerprint density at radius 1 is 1.40 bits per heavy atom. The van der Waals surface area contributed by atoms with Crippen molar-refractivity contribution in [3.63, 3.8) is 0 Å². The number of anilines is 1. The van der Waals surface area contributed by atoms with Crippen LogP contribution in [-0.2, 0) is 11.2 Å². The maximum absolute atomic E-state index is 12.0. The Kier molecular flexibility index (Phi) is 6.65. The molecule has 7 heteroatoms. The Hall–Kier alpha value is -3.22. The minimum atomic E-state index is -0.328. The first-order valence-corrected chi connectivity index (χ1v) is 7.87. The van der Waals surface area contributed by atoms with Gasteiger partial charge < -0.3 is 9.72 Å². The first-order chi connectivity index (χ1) is 12.2. The van der Waals surface area contributed by atoms with E-state index in [4.69, 9.17) is 4.74 Å². The van der Waals surface area contributed by atoms with Gasteiger partial charge in [0.05, 0.1) is 0 Å². The molecule has 0 aliphatic carbocycles. The molecule has 1 amide bonds. The number of rotatable bonds is 8. The average molecular weight is 339 g/mol. The third-order valence-electron chi connectivity index (χ3n) is 3.33. The number of carbonyl (C=O) groups is 1. The van der Waals surface area contributed by atoms with Crippen LogP contribution in [0.2, 0.25) is 0 Å². The van der Waals surface area contributed by atoms with E-state index in [0.29, 0.717) is 17.3 Å². The summed E-state index contributed by atoms with van der Waals surface area (Å²) in [5.74, 6) is 1.06. The van der Waals surface area contributed by atoms with Crippen molar-refractivity contribution in [1.29, 1.82) is 0 Å². The van der Waals surface area contributed by atoms with E-state index in [2.05, 4.69) is 32.1 Å². The van der Waals surface area contributed by atoms with Gasteiger partial charge in [0, 0.05) is 7.05 Å². The molecule has 0 aliphatic heterocycles. The van der Waals surface area contributed by atoms with Crippen LogP contribution in [0.5, 0.6) is 5.75 Å². The van der Waals surface area contributed by atoms with Crippen molar-refractivity contribution in [3.05, 3.63) is 60.5 Å². The molecule has 1 heterocycles. The number of hydrogen-bond donors (Lipinski definition) is 2. The van der Waals surface area contributed by atoms with Crippen molar-refractivity contribution in [2.75, 3.05) is 19.0 Å². The molecule has 0 spiro atoms. The highest BCUT2D eigenvalue weighted by molar-refractivity contribution is 6.06. The lowest BCUT2D eigenvalue weighted by molar-refractivity contribution is -0.118. The van der Waals surface area contributed by atoms with Crippen LogP contribution in [0.15, 0.2) is 54.1 Å². The van der Waals surface area contributed by atoms with Crippen molar-refractivity contribution >= 4 is 17.6 Å². The van der Waals surface area contributed by atoms with Crippen LogP contribution in [0.1, 0.15) is 18.3 Å². The van der Waals surface area contributed by atoms with Crippen molar-refractivity contribution < 1.29 is 9.53 Å².